The average molecular weight is 417 g/mol. The molecular formula is C21H28N4O3S. The highest BCUT2D eigenvalue weighted by molar-refractivity contribution is 7.13. The van der Waals surface area contributed by atoms with Gasteiger partial charge in [-0.3, -0.25) is 14.5 Å². The van der Waals surface area contributed by atoms with Crippen molar-refractivity contribution < 1.29 is 14.3 Å². The van der Waals surface area contributed by atoms with Crippen LogP contribution in [0.25, 0.3) is 0 Å². The standard InChI is InChI=1S/C21H28N4O3S/c1-14-10-25(11-15(2)28-14)12-18-13-29-21(23-18)24-20(27)9-19(22-16(3)26)17-7-5-4-6-8-17/h4-8,13-15,19H,9-12H2,1-3H3,(H,22,26)(H,23,24,27). The number of amides is 2. The van der Waals surface area contributed by atoms with E-state index in [-0.39, 0.29) is 36.5 Å². The molecule has 0 bridgehead atoms. The number of morpholine rings is 1. The molecule has 0 aliphatic carbocycles. The highest BCUT2D eigenvalue weighted by Gasteiger charge is 2.23. The van der Waals surface area contributed by atoms with Gasteiger partial charge in [0.1, 0.15) is 0 Å². The molecule has 8 heteroatoms. The van der Waals surface area contributed by atoms with E-state index in [0.717, 1.165) is 30.9 Å². The summed E-state index contributed by atoms with van der Waals surface area (Å²) in [5.74, 6) is -0.348. The van der Waals surface area contributed by atoms with Crippen molar-refractivity contribution in [2.75, 3.05) is 18.4 Å². The molecule has 1 saturated heterocycles. The van der Waals surface area contributed by atoms with E-state index in [2.05, 4.69) is 34.4 Å². The maximum absolute atomic E-state index is 12.5. The Kier molecular flexibility index (Phi) is 7.35. The third-order valence-electron chi connectivity index (χ3n) is 4.65. The molecule has 7 nitrogen and oxygen atoms in total. The predicted molar refractivity (Wildman–Crippen MR) is 114 cm³/mol. The number of carbonyl (C=O) groups is 2. The Morgan fingerprint density at radius 2 is 1.93 bits per heavy atom. The second-order valence-corrected chi connectivity index (χ2v) is 8.37. The summed E-state index contributed by atoms with van der Waals surface area (Å²) in [7, 11) is 0. The Labute approximate surface area is 175 Å². The third-order valence-corrected chi connectivity index (χ3v) is 5.45. The molecule has 2 aromatic rings. The van der Waals surface area contributed by atoms with E-state index in [1.54, 1.807) is 0 Å². The molecule has 1 aromatic heterocycles. The zero-order valence-electron chi connectivity index (χ0n) is 17.1. The van der Waals surface area contributed by atoms with Gasteiger partial charge in [0.15, 0.2) is 5.13 Å². The average Bonchev–Trinajstić information content (AvgIpc) is 3.07. The normalized spacial score (nSPS) is 20.8. The molecule has 29 heavy (non-hydrogen) atoms. The Morgan fingerprint density at radius 1 is 1.24 bits per heavy atom. The van der Waals surface area contributed by atoms with Crippen LogP contribution < -0.4 is 10.6 Å². The van der Waals surface area contributed by atoms with Gasteiger partial charge in [-0.15, -0.1) is 11.3 Å². The molecule has 1 aliphatic rings. The van der Waals surface area contributed by atoms with Crippen LogP contribution in [0, 0.1) is 0 Å². The van der Waals surface area contributed by atoms with Gasteiger partial charge in [0.05, 0.1) is 30.4 Å². The van der Waals surface area contributed by atoms with Gasteiger partial charge in [0.25, 0.3) is 0 Å². The number of hydrogen-bond donors (Lipinski definition) is 2. The Hall–Kier alpha value is -2.29. The van der Waals surface area contributed by atoms with Gasteiger partial charge >= 0.3 is 0 Å². The van der Waals surface area contributed by atoms with Gasteiger partial charge in [-0.1, -0.05) is 30.3 Å². The second kappa shape index (κ2) is 9.96. The lowest BCUT2D eigenvalue weighted by molar-refractivity contribution is -0.120. The lowest BCUT2D eigenvalue weighted by Crippen LogP contribution is -2.44. The molecule has 0 radical (unpaired) electrons. The molecular weight excluding hydrogens is 388 g/mol. The molecule has 1 fully saturated rings. The fourth-order valence-electron chi connectivity index (χ4n) is 3.62. The maximum atomic E-state index is 12.5. The van der Waals surface area contributed by atoms with Crippen LogP contribution in [0.3, 0.4) is 0 Å². The molecule has 156 valence electrons. The van der Waals surface area contributed by atoms with E-state index in [4.69, 9.17) is 4.74 Å². The van der Waals surface area contributed by atoms with E-state index >= 15 is 0 Å². The van der Waals surface area contributed by atoms with Gasteiger partial charge in [-0.25, -0.2) is 4.98 Å². The van der Waals surface area contributed by atoms with Crippen LogP contribution in [0.4, 0.5) is 5.13 Å². The zero-order valence-corrected chi connectivity index (χ0v) is 17.9. The van der Waals surface area contributed by atoms with Crippen molar-refractivity contribution in [3.05, 3.63) is 47.0 Å². The molecule has 3 unspecified atom stereocenters. The number of nitrogens with zero attached hydrogens (tertiary/aromatic N) is 2. The summed E-state index contributed by atoms with van der Waals surface area (Å²) in [6.07, 6.45) is 0.567. The van der Waals surface area contributed by atoms with Crippen LogP contribution in [0.1, 0.15) is 44.5 Å². The van der Waals surface area contributed by atoms with Crippen LogP contribution in [-0.2, 0) is 20.9 Å². The summed E-state index contributed by atoms with van der Waals surface area (Å²) in [6.45, 7) is 8.09. The molecule has 2 amide bonds. The van der Waals surface area contributed by atoms with Crippen LogP contribution in [0.5, 0.6) is 0 Å². The third kappa shape index (κ3) is 6.62. The number of hydrogen-bond acceptors (Lipinski definition) is 6. The first-order valence-corrected chi connectivity index (χ1v) is 10.7. The molecule has 0 saturated carbocycles. The van der Waals surface area contributed by atoms with Gasteiger partial charge in [0.2, 0.25) is 11.8 Å². The molecule has 0 spiro atoms. The van der Waals surface area contributed by atoms with Crippen molar-refractivity contribution in [1.29, 1.82) is 0 Å². The summed E-state index contributed by atoms with van der Waals surface area (Å²) in [5.41, 5.74) is 1.83. The summed E-state index contributed by atoms with van der Waals surface area (Å²) in [6, 6.07) is 9.12. The highest BCUT2D eigenvalue weighted by atomic mass is 32.1. The minimum atomic E-state index is -0.371. The number of benzene rings is 1. The number of carbonyl (C=O) groups excluding carboxylic acids is 2. The summed E-state index contributed by atoms with van der Waals surface area (Å²) in [4.78, 5) is 31.0. The molecule has 2 heterocycles. The molecule has 1 aliphatic heterocycles. The molecule has 2 N–H and O–H groups in total. The van der Waals surface area contributed by atoms with E-state index < -0.39 is 0 Å². The minimum Gasteiger partial charge on any atom is -0.373 e. The number of ether oxygens (including phenoxy) is 1. The van der Waals surface area contributed by atoms with Crippen LogP contribution in [-0.4, -0.2) is 47.0 Å². The predicted octanol–water partition coefficient (Wildman–Crippen LogP) is 2.96. The maximum Gasteiger partial charge on any atom is 0.228 e. The van der Waals surface area contributed by atoms with Gasteiger partial charge in [0, 0.05) is 31.9 Å². The van der Waals surface area contributed by atoms with E-state index in [1.165, 1.54) is 18.3 Å². The summed E-state index contributed by atoms with van der Waals surface area (Å²) < 4.78 is 5.77. The molecule has 1 aromatic carbocycles. The van der Waals surface area contributed by atoms with Crippen molar-refractivity contribution in [1.82, 2.24) is 15.2 Å². The number of anilines is 1. The fourth-order valence-corrected chi connectivity index (χ4v) is 4.34. The van der Waals surface area contributed by atoms with E-state index in [0.29, 0.717) is 5.13 Å². The van der Waals surface area contributed by atoms with Crippen molar-refractivity contribution in [2.24, 2.45) is 0 Å². The number of aromatic nitrogens is 1. The number of thiazole rings is 1. The Morgan fingerprint density at radius 3 is 2.59 bits per heavy atom. The highest BCUT2D eigenvalue weighted by Crippen LogP contribution is 2.21. The van der Waals surface area contributed by atoms with Crippen LogP contribution >= 0.6 is 11.3 Å². The first-order valence-electron chi connectivity index (χ1n) is 9.83. The van der Waals surface area contributed by atoms with E-state index in [9.17, 15) is 9.59 Å². The van der Waals surface area contributed by atoms with Crippen molar-refractivity contribution in [2.45, 2.75) is 52.0 Å². The van der Waals surface area contributed by atoms with Crippen molar-refractivity contribution in [3.8, 4) is 0 Å². The largest absolute Gasteiger partial charge is 0.373 e. The summed E-state index contributed by atoms with van der Waals surface area (Å²) in [5, 5.41) is 8.26. The SMILES string of the molecule is CC(=O)NC(CC(=O)Nc1nc(CN2CC(C)OC(C)C2)cs1)c1ccccc1. The zero-order chi connectivity index (χ0) is 20.8. The first kappa shape index (κ1) is 21.4. The molecule has 3 atom stereocenters. The van der Waals surface area contributed by atoms with Gasteiger partial charge in [-0.05, 0) is 19.4 Å². The quantitative estimate of drug-likeness (QED) is 0.725. The van der Waals surface area contributed by atoms with Gasteiger partial charge < -0.3 is 15.4 Å². The Balaban J connectivity index is 1.57. The van der Waals surface area contributed by atoms with Gasteiger partial charge in [-0.2, -0.15) is 0 Å². The van der Waals surface area contributed by atoms with E-state index in [1.807, 2.05) is 35.7 Å². The second-order valence-electron chi connectivity index (χ2n) is 7.51. The number of nitrogens with one attached hydrogen (secondary N) is 2. The van der Waals surface area contributed by atoms with Crippen molar-refractivity contribution in [3.63, 3.8) is 0 Å². The fraction of sp³-hybridized carbons (Fsp3) is 0.476. The molecule has 3 rings (SSSR count). The monoisotopic (exact) mass is 416 g/mol. The first-order chi connectivity index (χ1) is 13.9. The number of rotatable bonds is 7. The van der Waals surface area contributed by atoms with Crippen LogP contribution in [0.15, 0.2) is 35.7 Å². The minimum absolute atomic E-state index is 0.150. The topological polar surface area (TPSA) is 83.6 Å². The van der Waals surface area contributed by atoms with Crippen LogP contribution in [0.2, 0.25) is 0 Å². The lowest BCUT2D eigenvalue weighted by atomic mass is 10.0. The summed E-state index contributed by atoms with van der Waals surface area (Å²) >= 11 is 1.42. The van der Waals surface area contributed by atoms with Crippen molar-refractivity contribution >= 4 is 28.3 Å². The smallest absolute Gasteiger partial charge is 0.228 e. The lowest BCUT2D eigenvalue weighted by Gasteiger charge is -2.34. The Bertz CT molecular complexity index is 816.